The number of aromatic nitrogens is 2. The Hall–Kier alpha value is -2.95. The molecule has 2 aromatic heterocycles. The summed E-state index contributed by atoms with van der Waals surface area (Å²) in [5.74, 6) is -0.0831. The highest BCUT2D eigenvalue weighted by molar-refractivity contribution is 5.93. The number of carbonyl (C=O) groups excluding carboxylic acids is 1. The van der Waals surface area contributed by atoms with Crippen molar-refractivity contribution in [3.8, 4) is 0 Å². The first kappa shape index (κ1) is 17.5. The molecular weight excluding hydrogens is 336 g/mol. The topological polar surface area (TPSA) is 66.9 Å². The van der Waals surface area contributed by atoms with Gasteiger partial charge in [-0.15, -0.1) is 0 Å². The molecule has 0 saturated heterocycles. The third-order valence-corrected chi connectivity index (χ3v) is 5.10. The molecule has 138 valence electrons. The lowest BCUT2D eigenvalue weighted by Gasteiger charge is -2.16. The average molecular weight is 360 g/mol. The SMILES string of the molecule is O=C(NC1CCCCCC1)c1ccc(Nc2cccc3cccnc23)cn1. The predicted molar refractivity (Wildman–Crippen MR) is 108 cm³/mol. The zero-order chi connectivity index (χ0) is 18.5. The molecule has 2 N–H and O–H groups in total. The largest absolute Gasteiger partial charge is 0.352 e. The van der Waals surface area contributed by atoms with Gasteiger partial charge in [0.05, 0.1) is 23.1 Å². The Morgan fingerprint density at radius 1 is 0.926 bits per heavy atom. The number of hydrogen-bond acceptors (Lipinski definition) is 4. The number of anilines is 2. The van der Waals surface area contributed by atoms with Gasteiger partial charge in [-0.1, -0.05) is 43.9 Å². The Balaban J connectivity index is 1.44. The number of fused-ring (bicyclic) bond motifs is 1. The number of rotatable bonds is 4. The van der Waals surface area contributed by atoms with E-state index in [1.54, 1.807) is 18.5 Å². The molecule has 0 bridgehead atoms. The molecule has 1 saturated carbocycles. The summed E-state index contributed by atoms with van der Waals surface area (Å²) in [5, 5.41) is 7.56. The number of amides is 1. The molecule has 1 amide bonds. The maximum atomic E-state index is 12.5. The number of benzene rings is 1. The van der Waals surface area contributed by atoms with Crippen molar-refractivity contribution in [3.63, 3.8) is 0 Å². The predicted octanol–water partition coefficient (Wildman–Crippen LogP) is 4.83. The van der Waals surface area contributed by atoms with Crippen molar-refractivity contribution in [1.82, 2.24) is 15.3 Å². The van der Waals surface area contributed by atoms with Crippen molar-refractivity contribution in [2.24, 2.45) is 0 Å². The molecule has 2 heterocycles. The molecule has 1 aliphatic rings. The van der Waals surface area contributed by atoms with Crippen LogP contribution in [0.25, 0.3) is 10.9 Å². The number of para-hydroxylation sites is 1. The average Bonchev–Trinajstić information content (AvgIpc) is 2.97. The number of carbonyl (C=O) groups is 1. The van der Waals surface area contributed by atoms with Gasteiger partial charge in [-0.05, 0) is 37.1 Å². The van der Waals surface area contributed by atoms with Gasteiger partial charge in [-0.25, -0.2) is 4.98 Å². The molecule has 27 heavy (non-hydrogen) atoms. The molecule has 0 radical (unpaired) electrons. The van der Waals surface area contributed by atoms with Gasteiger partial charge in [0.2, 0.25) is 0 Å². The van der Waals surface area contributed by atoms with Gasteiger partial charge in [-0.3, -0.25) is 9.78 Å². The van der Waals surface area contributed by atoms with Crippen LogP contribution in [-0.4, -0.2) is 21.9 Å². The zero-order valence-corrected chi connectivity index (χ0v) is 15.3. The third kappa shape index (κ3) is 4.25. The quantitative estimate of drug-likeness (QED) is 0.654. The first-order valence-corrected chi connectivity index (χ1v) is 9.67. The number of nitrogens with one attached hydrogen (secondary N) is 2. The van der Waals surface area contributed by atoms with Crippen LogP contribution >= 0.6 is 0 Å². The maximum absolute atomic E-state index is 12.5. The first-order chi connectivity index (χ1) is 13.3. The van der Waals surface area contributed by atoms with E-state index in [1.165, 1.54) is 25.7 Å². The lowest BCUT2D eigenvalue weighted by atomic mass is 10.1. The summed E-state index contributed by atoms with van der Waals surface area (Å²) in [6.07, 6.45) is 10.6. The molecule has 0 spiro atoms. The van der Waals surface area contributed by atoms with Crippen molar-refractivity contribution in [2.75, 3.05) is 5.32 Å². The highest BCUT2D eigenvalue weighted by Gasteiger charge is 2.16. The van der Waals surface area contributed by atoms with E-state index >= 15 is 0 Å². The summed E-state index contributed by atoms with van der Waals surface area (Å²) in [7, 11) is 0. The van der Waals surface area contributed by atoms with Crippen LogP contribution in [0.5, 0.6) is 0 Å². The van der Waals surface area contributed by atoms with Gasteiger partial charge in [0.1, 0.15) is 5.69 Å². The van der Waals surface area contributed by atoms with Crippen LogP contribution in [0.15, 0.2) is 54.9 Å². The second-order valence-electron chi connectivity index (χ2n) is 7.10. The molecule has 0 aliphatic heterocycles. The second-order valence-corrected chi connectivity index (χ2v) is 7.10. The smallest absolute Gasteiger partial charge is 0.270 e. The van der Waals surface area contributed by atoms with Crippen molar-refractivity contribution in [3.05, 3.63) is 60.6 Å². The molecule has 0 unspecified atom stereocenters. The first-order valence-electron chi connectivity index (χ1n) is 9.67. The van der Waals surface area contributed by atoms with Crippen molar-refractivity contribution >= 4 is 28.2 Å². The summed E-state index contributed by atoms with van der Waals surface area (Å²) in [4.78, 5) is 21.3. The summed E-state index contributed by atoms with van der Waals surface area (Å²) >= 11 is 0. The van der Waals surface area contributed by atoms with E-state index in [0.29, 0.717) is 5.69 Å². The summed E-state index contributed by atoms with van der Waals surface area (Å²) in [6, 6.07) is 13.9. The molecule has 1 aliphatic carbocycles. The maximum Gasteiger partial charge on any atom is 0.270 e. The fraction of sp³-hybridized carbons (Fsp3) is 0.318. The molecule has 5 heteroatoms. The standard InChI is InChI=1S/C22H24N4O/c27-22(26-17-9-3-1-2-4-10-17)20-13-12-18(15-24-20)25-19-11-5-7-16-8-6-14-23-21(16)19/h5-8,11-15,17,25H,1-4,9-10H2,(H,26,27). The van der Waals surface area contributed by atoms with Gasteiger partial charge >= 0.3 is 0 Å². The minimum atomic E-state index is -0.0831. The van der Waals surface area contributed by atoms with E-state index in [4.69, 9.17) is 0 Å². The van der Waals surface area contributed by atoms with Crippen molar-refractivity contribution in [1.29, 1.82) is 0 Å². The van der Waals surface area contributed by atoms with E-state index in [1.807, 2.05) is 36.4 Å². The second kappa shape index (κ2) is 8.16. The van der Waals surface area contributed by atoms with Crippen LogP contribution in [0.2, 0.25) is 0 Å². The molecule has 3 aromatic rings. The van der Waals surface area contributed by atoms with E-state index in [2.05, 4.69) is 20.6 Å². The Bertz CT molecular complexity index is 910. The molecule has 1 aromatic carbocycles. The Morgan fingerprint density at radius 2 is 1.74 bits per heavy atom. The van der Waals surface area contributed by atoms with Gasteiger partial charge in [0.25, 0.3) is 5.91 Å². The van der Waals surface area contributed by atoms with E-state index in [9.17, 15) is 4.79 Å². The third-order valence-electron chi connectivity index (χ3n) is 5.10. The van der Waals surface area contributed by atoms with Crippen LogP contribution in [0.3, 0.4) is 0 Å². The van der Waals surface area contributed by atoms with E-state index in [0.717, 1.165) is 35.1 Å². The van der Waals surface area contributed by atoms with Crippen LogP contribution in [-0.2, 0) is 0 Å². The zero-order valence-electron chi connectivity index (χ0n) is 15.3. The number of pyridine rings is 2. The normalized spacial score (nSPS) is 15.3. The molecule has 5 nitrogen and oxygen atoms in total. The van der Waals surface area contributed by atoms with Crippen LogP contribution in [0.1, 0.15) is 49.0 Å². The Kier molecular flexibility index (Phi) is 5.28. The Morgan fingerprint density at radius 3 is 2.52 bits per heavy atom. The highest BCUT2D eigenvalue weighted by atomic mass is 16.1. The number of nitrogens with zero attached hydrogens (tertiary/aromatic N) is 2. The minimum Gasteiger partial charge on any atom is -0.352 e. The van der Waals surface area contributed by atoms with E-state index < -0.39 is 0 Å². The fourth-order valence-electron chi connectivity index (χ4n) is 3.65. The summed E-state index contributed by atoms with van der Waals surface area (Å²) in [5.41, 5.74) is 3.13. The lowest BCUT2D eigenvalue weighted by molar-refractivity contribution is 0.0928. The molecule has 4 rings (SSSR count). The van der Waals surface area contributed by atoms with Gasteiger partial charge in [-0.2, -0.15) is 0 Å². The Labute approximate surface area is 159 Å². The van der Waals surface area contributed by atoms with E-state index in [-0.39, 0.29) is 11.9 Å². The number of hydrogen-bond donors (Lipinski definition) is 2. The fourth-order valence-corrected chi connectivity index (χ4v) is 3.65. The van der Waals surface area contributed by atoms with Crippen LogP contribution in [0.4, 0.5) is 11.4 Å². The highest BCUT2D eigenvalue weighted by Crippen LogP contribution is 2.24. The minimum absolute atomic E-state index is 0.0831. The summed E-state index contributed by atoms with van der Waals surface area (Å²) in [6.45, 7) is 0. The van der Waals surface area contributed by atoms with Gasteiger partial charge in [0, 0.05) is 17.6 Å². The molecular formula is C22H24N4O. The lowest BCUT2D eigenvalue weighted by Crippen LogP contribution is -2.34. The van der Waals surface area contributed by atoms with Crippen molar-refractivity contribution in [2.45, 2.75) is 44.6 Å². The van der Waals surface area contributed by atoms with Gasteiger partial charge < -0.3 is 10.6 Å². The van der Waals surface area contributed by atoms with Crippen molar-refractivity contribution < 1.29 is 4.79 Å². The molecule has 1 fully saturated rings. The van der Waals surface area contributed by atoms with Crippen LogP contribution in [0, 0.1) is 0 Å². The molecule has 0 atom stereocenters. The van der Waals surface area contributed by atoms with Crippen LogP contribution < -0.4 is 10.6 Å². The monoisotopic (exact) mass is 360 g/mol. The summed E-state index contributed by atoms with van der Waals surface area (Å²) < 4.78 is 0. The van der Waals surface area contributed by atoms with Gasteiger partial charge in [0.15, 0.2) is 0 Å².